The number of ether oxygens (including phenoxy) is 3. The molecule has 51 heavy (non-hydrogen) atoms. The van der Waals surface area contributed by atoms with Gasteiger partial charge in [-0.05, 0) is 70.6 Å². The molecule has 0 bridgehead atoms. The quantitative estimate of drug-likeness (QED) is 0.0274. The van der Waals surface area contributed by atoms with Gasteiger partial charge in [-0.25, -0.2) is 0 Å². The van der Waals surface area contributed by atoms with E-state index in [9.17, 15) is 14.4 Å². The average Bonchev–Trinajstić information content (AvgIpc) is 3.12. The molecule has 0 aromatic rings. The SMILES string of the molecule is CC/C=C\C/C=C\CCCCC(=O)OC(COC(=O)CCCCCCCCC/C=C\CCCCCC)COC(=O)CCCCCCCCCCC. The molecule has 0 aromatic heterocycles. The molecule has 0 radical (unpaired) electrons. The third-order valence-corrected chi connectivity index (χ3v) is 9.13. The van der Waals surface area contributed by atoms with Gasteiger partial charge in [0, 0.05) is 19.3 Å². The van der Waals surface area contributed by atoms with Crippen LogP contribution in [0.2, 0.25) is 0 Å². The van der Waals surface area contributed by atoms with Crippen LogP contribution in [0, 0.1) is 0 Å². The van der Waals surface area contributed by atoms with Gasteiger partial charge >= 0.3 is 17.9 Å². The van der Waals surface area contributed by atoms with Crippen molar-refractivity contribution in [1.82, 2.24) is 0 Å². The fourth-order valence-corrected chi connectivity index (χ4v) is 5.88. The largest absolute Gasteiger partial charge is 0.462 e. The third-order valence-electron chi connectivity index (χ3n) is 9.13. The molecule has 0 rings (SSSR count). The molecule has 0 saturated heterocycles. The van der Waals surface area contributed by atoms with Gasteiger partial charge in [0.2, 0.25) is 0 Å². The second-order valence-corrected chi connectivity index (χ2v) is 14.2. The number of hydrogen-bond acceptors (Lipinski definition) is 6. The zero-order valence-corrected chi connectivity index (χ0v) is 33.6. The van der Waals surface area contributed by atoms with E-state index in [-0.39, 0.29) is 37.5 Å². The first-order valence-corrected chi connectivity index (χ1v) is 21.5. The van der Waals surface area contributed by atoms with Crippen molar-refractivity contribution < 1.29 is 28.6 Å². The molecule has 0 aromatic carbocycles. The number of carbonyl (C=O) groups is 3. The number of hydrogen-bond donors (Lipinski definition) is 0. The number of allylic oxidation sites excluding steroid dienone is 6. The summed E-state index contributed by atoms with van der Waals surface area (Å²) >= 11 is 0. The number of carbonyl (C=O) groups excluding carboxylic acids is 3. The van der Waals surface area contributed by atoms with Gasteiger partial charge in [-0.1, -0.05) is 160 Å². The topological polar surface area (TPSA) is 78.9 Å². The highest BCUT2D eigenvalue weighted by atomic mass is 16.6. The Balaban J connectivity index is 4.34. The summed E-state index contributed by atoms with van der Waals surface area (Å²) in [5, 5.41) is 0. The predicted octanol–water partition coefficient (Wildman–Crippen LogP) is 13.4. The molecule has 0 aliphatic rings. The summed E-state index contributed by atoms with van der Waals surface area (Å²) < 4.78 is 16.6. The van der Waals surface area contributed by atoms with Gasteiger partial charge in [-0.3, -0.25) is 14.4 Å². The molecule has 1 unspecified atom stereocenters. The van der Waals surface area contributed by atoms with E-state index < -0.39 is 6.10 Å². The number of unbranched alkanes of at least 4 members (excludes halogenated alkanes) is 21. The maximum Gasteiger partial charge on any atom is 0.306 e. The van der Waals surface area contributed by atoms with Gasteiger partial charge in [-0.15, -0.1) is 0 Å². The molecule has 0 amide bonds. The van der Waals surface area contributed by atoms with Crippen LogP contribution in [0.25, 0.3) is 0 Å². The van der Waals surface area contributed by atoms with Crippen molar-refractivity contribution in [3.8, 4) is 0 Å². The van der Waals surface area contributed by atoms with Crippen LogP contribution in [0.3, 0.4) is 0 Å². The number of rotatable bonds is 38. The lowest BCUT2D eigenvalue weighted by molar-refractivity contribution is -0.167. The molecule has 1 atom stereocenters. The van der Waals surface area contributed by atoms with Gasteiger partial charge in [-0.2, -0.15) is 0 Å². The highest BCUT2D eigenvalue weighted by molar-refractivity contribution is 5.71. The molecule has 0 fully saturated rings. The van der Waals surface area contributed by atoms with Crippen LogP contribution in [0.15, 0.2) is 36.5 Å². The van der Waals surface area contributed by atoms with E-state index in [2.05, 4.69) is 57.2 Å². The second-order valence-electron chi connectivity index (χ2n) is 14.2. The molecule has 296 valence electrons. The fraction of sp³-hybridized carbons (Fsp3) is 0.800. The second kappa shape index (κ2) is 40.4. The van der Waals surface area contributed by atoms with Crippen LogP contribution in [-0.4, -0.2) is 37.2 Å². The zero-order chi connectivity index (χ0) is 37.3. The summed E-state index contributed by atoms with van der Waals surface area (Å²) in [6, 6.07) is 0. The summed E-state index contributed by atoms with van der Waals surface area (Å²) in [5.41, 5.74) is 0. The van der Waals surface area contributed by atoms with E-state index in [1.807, 2.05) is 0 Å². The van der Waals surface area contributed by atoms with Crippen LogP contribution >= 0.6 is 0 Å². The maximum atomic E-state index is 12.6. The smallest absolute Gasteiger partial charge is 0.306 e. The minimum absolute atomic E-state index is 0.0853. The summed E-state index contributed by atoms with van der Waals surface area (Å²) in [6.07, 6.45) is 44.3. The Kier molecular flexibility index (Phi) is 38.5. The van der Waals surface area contributed by atoms with Crippen molar-refractivity contribution in [2.24, 2.45) is 0 Å². The number of esters is 3. The summed E-state index contributed by atoms with van der Waals surface area (Å²) in [4.78, 5) is 37.5. The van der Waals surface area contributed by atoms with Crippen molar-refractivity contribution in [2.45, 2.75) is 219 Å². The van der Waals surface area contributed by atoms with Gasteiger partial charge in [0.25, 0.3) is 0 Å². The van der Waals surface area contributed by atoms with E-state index in [0.29, 0.717) is 12.8 Å². The summed E-state index contributed by atoms with van der Waals surface area (Å²) in [7, 11) is 0. The predicted molar refractivity (Wildman–Crippen MR) is 215 cm³/mol. The highest BCUT2D eigenvalue weighted by Gasteiger charge is 2.19. The Bertz CT molecular complexity index is 876. The Morgan fingerprint density at radius 3 is 1.25 bits per heavy atom. The minimum atomic E-state index is -0.783. The van der Waals surface area contributed by atoms with Crippen molar-refractivity contribution >= 4 is 17.9 Å². The van der Waals surface area contributed by atoms with Crippen LogP contribution < -0.4 is 0 Å². The first-order chi connectivity index (χ1) is 25.0. The lowest BCUT2D eigenvalue weighted by atomic mass is 10.1. The minimum Gasteiger partial charge on any atom is -0.462 e. The molecule has 0 heterocycles. The Morgan fingerprint density at radius 2 is 0.765 bits per heavy atom. The average molecular weight is 717 g/mol. The molecule has 0 spiro atoms. The lowest BCUT2D eigenvalue weighted by Gasteiger charge is -2.18. The van der Waals surface area contributed by atoms with E-state index in [4.69, 9.17) is 14.2 Å². The summed E-state index contributed by atoms with van der Waals surface area (Å²) in [6.45, 7) is 6.43. The lowest BCUT2D eigenvalue weighted by Crippen LogP contribution is -2.30. The van der Waals surface area contributed by atoms with Crippen molar-refractivity contribution in [3.05, 3.63) is 36.5 Å². The monoisotopic (exact) mass is 717 g/mol. The van der Waals surface area contributed by atoms with Crippen LogP contribution in [0.4, 0.5) is 0 Å². The maximum absolute atomic E-state index is 12.6. The third kappa shape index (κ3) is 38.7. The molecule has 0 saturated carbocycles. The molecule has 0 N–H and O–H groups in total. The van der Waals surface area contributed by atoms with Gasteiger partial charge in [0.05, 0.1) is 0 Å². The van der Waals surface area contributed by atoms with Crippen molar-refractivity contribution in [2.75, 3.05) is 13.2 Å². The van der Waals surface area contributed by atoms with E-state index in [1.165, 1.54) is 103 Å². The zero-order valence-electron chi connectivity index (χ0n) is 33.6. The first kappa shape index (κ1) is 48.6. The van der Waals surface area contributed by atoms with Gasteiger partial charge in [0.15, 0.2) is 6.10 Å². The molecular formula is C45H80O6. The van der Waals surface area contributed by atoms with E-state index >= 15 is 0 Å². The van der Waals surface area contributed by atoms with Gasteiger partial charge < -0.3 is 14.2 Å². The molecule has 6 heteroatoms. The summed E-state index contributed by atoms with van der Waals surface area (Å²) in [5.74, 6) is -0.932. The highest BCUT2D eigenvalue weighted by Crippen LogP contribution is 2.13. The molecule has 6 nitrogen and oxygen atoms in total. The van der Waals surface area contributed by atoms with Gasteiger partial charge in [0.1, 0.15) is 13.2 Å². The standard InChI is InChI=1S/C45H80O6/c1-4-7-10-13-16-19-20-21-22-23-24-27-29-32-35-38-44(47)50-41-42(51-45(48)39-36-33-30-26-18-15-12-9-6-3)40-49-43(46)37-34-31-28-25-17-14-11-8-5-2/h9,12,18-20,26,42H,4-8,10-11,13-17,21-25,27-41H2,1-3H3/b12-9-,20-19-,26-18-. The van der Waals surface area contributed by atoms with Crippen LogP contribution in [0.1, 0.15) is 213 Å². The molecular weight excluding hydrogens is 636 g/mol. The first-order valence-electron chi connectivity index (χ1n) is 21.5. The Labute approximate surface area is 315 Å². The van der Waals surface area contributed by atoms with E-state index in [1.54, 1.807) is 0 Å². The van der Waals surface area contributed by atoms with Crippen molar-refractivity contribution in [3.63, 3.8) is 0 Å². The van der Waals surface area contributed by atoms with Crippen LogP contribution in [0.5, 0.6) is 0 Å². The Hall–Kier alpha value is -2.37. The normalized spacial score (nSPS) is 12.3. The Morgan fingerprint density at radius 1 is 0.412 bits per heavy atom. The van der Waals surface area contributed by atoms with Crippen LogP contribution in [-0.2, 0) is 28.6 Å². The molecule has 0 aliphatic heterocycles. The molecule has 0 aliphatic carbocycles. The van der Waals surface area contributed by atoms with E-state index in [0.717, 1.165) is 70.6 Å². The van der Waals surface area contributed by atoms with Crippen molar-refractivity contribution in [1.29, 1.82) is 0 Å². The fourth-order valence-electron chi connectivity index (χ4n) is 5.88.